The van der Waals surface area contributed by atoms with Gasteiger partial charge in [0, 0.05) is 16.6 Å². The summed E-state index contributed by atoms with van der Waals surface area (Å²) < 4.78 is 5.20. The van der Waals surface area contributed by atoms with Gasteiger partial charge in [0.05, 0.1) is 21.6 Å². The number of amides is 1. The first-order valence-corrected chi connectivity index (χ1v) is 8.64. The summed E-state index contributed by atoms with van der Waals surface area (Å²) in [5.74, 6) is 0.102. The minimum absolute atomic E-state index is 0.300. The number of hydrogen-bond acceptors (Lipinski definition) is 5. The molecule has 0 radical (unpaired) electrons. The van der Waals surface area contributed by atoms with Crippen molar-refractivity contribution in [2.45, 2.75) is 20.4 Å². The largest absolute Gasteiger partial charge is 0.360 e. The van der Waals surface area contributed by atoms with Crippen LogP contribution >= 0.6 is 34.5 Å². The Labute approximate surface area is 152 Å². The van der Waals surface area contributed by atoms with E-state index in [4.69, 9.17) is 27.7 Å². The molecule has 2 aromatic heterocycles. The van der Waals surface area contributed by atoms with E-state index < -0.39 is 0 Å². The van der Waals surface area contributed by atoms with Crippen LogP contribution in [0, 0.1) is 13.8 Å². The summed E-state index contributed by atoms with van der Waals surface area (Å²) in [6.07, 6.45) is 1.74. The fraction of sp³-hybridized carbons (Fsp3) is 0.188. The Morgan fingerprint density at radius 3 is 2.62 bits per heavy atom. The Bertz CT molecular complexity index is 884. The van der Waals surface area contributed by atoms with E-state index in [0.717, 1.165) is 9.88 Å². The van der Waals surface area contributed by atoms with Gasteiger partial charge in [0.25, 0.3) is 5.91 Å². The van der Waals surface area contributed by atoms with Crippen molar-refractivity contribution in [2.75, 3.05) is 0 Å². The average molecular weight is 382 g/mol. The van der Waals surface area contributed by atoms with Crippen molar-refractivity contribution < 1.29 is 9.32 Å². The maximum atomic E-state index is 12.6. The van der Waals surface area contributed by atoms with Gasteiger partial charge in [-0.05, 0) is 26.0 Å². The zero-order valence-corrected chi connectivity index (χ0v) is 15.2. The Hall–Kier alpha value is -1.89. The van der Waals surface area contributed by atoms with Crippen LogP contribution < -0.4 is 5.32 Å². The maximum Gasteiger partial charge on any atom is 0.257 e. The number of hydrogen-bond donors (Lipinski definition) is 1. The molecule has 0 atom stereocenters. The number of aryl methyl sites for hydroxylation is 2. The monoisotopic (exact) mass is 381 g/mol. The number of nitrogens with zero attached hydrogens (tertiary/aromatic N) is 2. The molecule has 0 aliphatic carbocycles. The van der Waals surface area contributed by atoms with E-state index in [2.05, 4.69) is 15.5 Å². The van der Waals surface area contributed by atoms with E-state index in [1.165, 1.54) is 11.3 Å². The van der Waals surface area contributed by atoms with Gasteiger partial charge < -0.3 is 9.84 Å². The zero-order valence-electron chi connectivity index (χ0n) is 12.9. The molecule has 0 fully saturated rings. The van der Waals surface area contributed by atoms with Crippen LogP contribution in [-0.4, -0.2) is 16.0 Å². The number of thiazole rings is 1. The van der Waals surface area contributed by atoms with Gasteiger partial charge in [-0.3, -0.25) is 4.79 Å². The van der Waals surface area contributed by atoms with E-state index in [-0.39, 0.29) is 5.91 Å². The van der Waals surface area contributed by atoms with Crippen molar-refractivity contribution in [3.05, 3.63) is 55.6 Å². The van der Waals surface area contributed by atoms with E-state index in [9.17, 15) is 4.79 Å². The summed E-state index contributed by atoms with van der Waals surface area (Å²) in [6, 6.07) is 5.11. The lowest BCUT2D eigenvalue weighted by atomic mass is 10.1. The standard InChI is InChI=1S/C16H13Cl2N3O2S/c1-8-13(16(22)20-7-10-6-19-9(2)24-10)15(21-23-8)14-11(17)4-3-5-12(14)18/h3-6H,7H2,1-2H3,(H,20,22). The molecule has 0 aliphatic heterocycles. The van der Waals surface area contributed by atoms with E-state index in [1.54, 1.807) is 31.3 Å². The normalized spacial score (nSPS) is 10.8. The van der Waals surface area contributed by atoms with Crippen LogP contribution in [0.1, 0.15) is 26.0 Å². The Morgan fingerprint density at radius 1 is 1.29 bits per heavy atom. The van der Waals surface area contributed by atoms with Crippen LogP contribution in [-0.2, 0) is 6.54 Å². The first-order valence-electron chi connectivity index (χ1n) is 7.07. The molecule has 1 amide bonds. The lowest BCUT2D eigenvalue weighted by molar-refractivity contribution is 0.0950. The highest BCUT2D eigenvalue weighted by Crippen LogP contribution is 2.36. The number of carbonyl (C=O) groups is 1. The van der Waals surface area contributed by atoms with Gasteiger partial charge in [0.15, 0.2) is 0 Å². The first kappa shape index (κ1) is 17.0. The minimum atomic E-state index is -0.300. The lowest BCUT2D eigenvalue weighted by Crippen LogP contribution is -2.23. The number of benzene rings is 1. The van der Waals surface area contributed by atoms with Crippen molar-refractivity contribution >= 4 is 40.4 Å². The number of halogens is 2. The van der Waals surface area contributed by atoms with Gasteiger partial charge in [-0.2, -0.15) is 0 Å². The smallest absolute Gasteiger partial charge is 0.257 e. The van der Waals surface area contributed by atoms with Crippen LogP contribution in [0.3, 0.4) is 0 Å². The fourth-order valence-electron chi connectivity index (χ4n) is 2.28. The molecule has 124 valence electrons. The molecule has 0 spiro atoms. The van der Waals surface area contributed by atoms with Crippen LogP contribution in [0.4, 0.5) is 0 Å². The highest BCUT2D eigenvalue weighted by Gasteiger charge is 2.24. The second-order valence-corrected chi connectivity index (χ2v) is 7.22. The third-order valence-electron chi connectivity index (χ3n) is 3.38. The summed E-state index contributed by atoms with van der Waals surface area (Å²) in [5, 5.41) is 8.58. The third-order valence-corrected chi connectivity index (χ3v) is 4.92. The van der Waals surface area contributed by atoms with Crippen molar-refractivity contribution in [3.63, 3.8) is 0 Å². The molecule has 24 heavy (non-hydrogen) atoms. The number of carbonyl (C=O) groups excluding carboxylic acids is 1. The highest BCUT2D eigenvalue weighted by molar-refractivity contribution is 7.11. The van der Waals surface area contributed by atoms with Crippen LogP contribution in [0.2, 0.25) is 10.0 Å². The van der Waals surface area contributed by atoms with Crippen LogP contribution in [0.15, 0.2) is 28.9 Å². The molecule has 0 bridgehead atoms. The fourth-order valence-corrected chi connectivity index (χ4v) is 3.59. The Balaban J connectivity index is 1.91. The Kier molecular flexibility index (Phi) is 4.89. The molecule has 3 rings (SSSR count). The molecule has 2 heterocycles. The summed E-state index contributed by atoms with van der Waals surface area (Å²) in [7, 11) is 0. The third kappa shape index (κ3) is 3.31. The highest BCUT2D eigenvalue weighted by atomic mass is 35.5. The zero-order chi connectivity index (χ0) is 17.3. The average Bonchev–Trinajstić information content (AvgIpc) is 3.11. The number of aromatic nitrogens is 2. The number of rotatable bonds is 4. The van der Waals surface area contributed by atoms with E-state index in [0.29, 0.717) is 39.2 Å². The van der Waals surface area contributed by atoms with Gasteiger partial charge >= 0.3 is 0 Å². The van der Waals surface area contributed by atoms with Gasteiger partial charge in [-0.15, -0.1) is 11.3 Å². The maximum absolute atomic E-state index is 12.6. The number of nitrogens with one attached hydrogen (secondary N) is 1. The first-order chi connectivity index (χ1) is 11.5. The van der Waals surface area contributed by atoms with E-state index >= 15 is 0 Å². The Morgan fingerprint density at radius 2 is 2.00 bits per heavy atom. The molecular weight excluding hydrogens is 369 g/mol. The summed E-state index contributed by atoms with van der Waals surface area (Å²) in [4.78, 5) is 17.7. The molecule has 0 saturated carbocycles. The molecule has 0 saturated heterocycles. The lowest BCUT2D eigenvalue weighted by Gasteiger charge is -2.07. The predicted octanol–water partition coefficient (Wildman–Crippen LogP) is 4.65. The van der Waals surface area contributed by atoms with E-state index in [1.807, 2.05) is 6.92 Å². The van der Waals surface area contributed by atoms with Crippen molar-refractivity contribution in [1.82, 2.24) is 15.5 Å². The summed E-state index contributed by atoms with van der Waals surface area (Å²) >= 11 is 14.0. The van der Waals surface area contributed by atoms with Gasteiger partial charge in [-0.1, -0.05) is 34.4 Å². The molecule has 0 aliphatic rings. The van der Waals surface area contributed by atoms with Crippen molar-refractivity contribution in [3.8, 4) is 11.3 Å². The molecule has 1 aromatic carbocycles. The van der Waals surface area contributed by atoms with Crippen molar-refractivity contribution in [1.29, 1.82) is 0 Å². The minimum Gasteiger partial charge on any atom is -0.360 e. The quantitative estimate of drug-likeness (QED) is 0.713. The molecule has 8 heteroatoms. The molecule has 5 nitrogen and oxygen atoms in total. The van der Waals surface area contributed by atoms with Crippen LogP contribution in [0.25, 0.3) is 11.3 Å². The second kappa shape index (κ2) is 6.93. The van der Waals surface area contributed by atoms with Crippen molar-refractivity contribution in [2.24, 2.45) is 0 Å². The van der Waals surface area contributed by atoms with Gasteiger partial charge in [0.1, 0.15) is 17.0 Å². The molecule has 3 aromatic rings. The molecular formula is C16H13Cl2N3O2S. The summed E-state index contributed by atoms with van der Waals surface area (Å²) in [6.45, 7) is 3.97. The van der Waals surface area contributed by atoms with Gasteiger partial charge in [-0.25, -0.2) is 4.98 Å². The predicted molar refractivity (Wildman–Crippen MR) is 94.7 cm³/mol. The SMILES string of the molecule is Cc1ncc(CNC(=O)c2c(-c3c(Cl)cccc3Cl)noc2C)s1. The van der Waals surface area contributed by atoms with Crippen LogP contribution in [0.5, 0.6) is 0 Å². The topological polar surface area (TPSA) is 68.0 Å². The van der Waals surface area contributed by atoms with Gasteiger partial charge in [0.2, 0.25) is 0 Å². The second-order valence-electron chi connectivity index (χ2n) is 5.09. The summed E-state index contributed by atoms with van der Waals surface area (Å²) in [5.41, 5.74) is 1.14. The molecule has 1 N–H and O–H groups in total. The molecule has 0 unspecified atom stereocenters.